The molecule has 29 heavy (non-hydrogen) atoms. The number of carbonyl (C=O) groups excluding carboxylic acids is 2. The average molecular weight is 411 g/mol. The van der Waals surface area contributed by atoms with Crippen molar-refractivity contribution in [1.29, 1.82) is 0 Å². The molecule has 2 amide bonds. The largest absolute Gasteiger partial charge is 0.435 e. The Hall–Kier alpha value is -3.14. The van der Waals surface area contributed by atoms with E-state index in [2.05, 4.69) is 15.0 Å². The van der Waals surface area contributed by atoms with Gasteiger partial charge < -0.3 is 20.5 Å². The Balaban J connectivity index is 0.000000234. The van der Waals surface area contributed by atoms with Gasteiger partial charge in [-0.05, 0) is 44.0 Å². The highest BCUT2D eigenvalue weighted by atomic mass is 19.3. The van der Waals surface area contributed by atoms with E-state index in [1.54, 1.807) is 6.07 Å². The van der Waals surface area contributed by atoms with Crippen LogP contribution in [0.3, 0.4) is 0 Å². The van der Waals surface area contributed by atoms with Crippen LogP contribution in [0.2, 0.25) is 0 Å². The van der Waals surface area contributed by atoms with Crippen LogP contribution in [-0.2, 0) is 9.53 Å². The number of rotatable bonds is 5. The second-order valence-electron chi connectivity index (χ2n) is 6.13. The minimum Gasteiger partial charge on any atom is -0.435 e. The van der Waals surface area contributed by atoms with Crippen LogP contribution in [0.15, 0.2) is 42.6 Å². The first-order valence-corrected chi connectivity index (χ1v) is 8.67. The number of aromatic nitrogens is 1. The lowest BCUT2D eigenvalue weighted by atomic mass is 10.2. The van der Waals surface area contributed by atoms with Gasteiger partial charge in [-0.25, -0.2) is 4.39 Å². The van der Waals surface area contributed by atoms with E-state index in [-0.39, 0.29) is 23.5 Å². The second-order valence-corrected chi connectivity index (χ2v) is 6.13. The molecular formula is C19H20F3N3O4. The predicted molar refractivity (Wildman–Crippen MR) is 98.0 cm³/mol. The highest BCUT2D eigenvalue weighted by Crippen LogP contribution is 2.20. The molecule has 7 nitrogen and oxygen atoms in total. The SMILES string of the molecule is CC1CCC(C(=O)Nc2ccnc(C(N)=O)c2)O1.Fc1cccc(OC(F)F)c1. The highest BCUT2D eigenvalue weighted by molar-refractivity contribution is 5.96. The molecule has 1 aromatic heterocycles. The molecule has 2 atom stereocenters. The number of primary amides is 1. The Kier molecular flexibility index (Phi) is 7.96. The maximum atomic E-state index is 12.3. The third kappa shape index (κ3) is 7.41. The van der Waals surface area contributed by atoms with E-state index >= 15 is 0 Å². The zero-order valence-electron chi connectivity index (χ0n) is 15.5. The topological polar surface area (TPSA) is 104 Å². The van der Waals surface area contributed by atoms with Gasteiger partial charge in [-0.3, -0.25) is 14.6 Å². The number of hydrogen-bond donors (Lipinski definition) is 2. The fraction of sp³-hybridized carbons (Fsp3) is 0.316. The van der Waals surface area contributed by atoms with Crippen molar-refractivity contribution in [3.05, 3.63) is 54.1 Å². The van der Waals surface area contributed by atoms with Crippen LogP contribution in [0.4, 0.5) is 18.9 Å². The molecule has 2 aromatic rings. The van der Waals surface area contributed by atoms with E-state index in [1.165, 1.54) is 24.4 Å². The molecule has 1 aliphatic rings. The zero-order chi connectivity index (χ0) is 21.4. The van der Waals surface area contributed by atoms with E-state index in [0.717, 1.165) is 18.6 Å². The number of nitrogens with two attached hydrogens (primary N) is 1. The van der Waals surface area contributed by atoms with E-state index in [4.69, 9.17) is 10.5 Å². The van der Waals surface area contributed by atoms with Gasteiger partial charge in [-0.2, -0.15) is 8.78 Å². The first kappa shape index (κ1) is 22.2. The van der Waals surface area contributed by atoms with Crippen molar-refractivity contribution < 1.29 is 32.2 Å². The number of nitrogens with zero attached hydrogens (tertiary/aromatic N) is 1. The summed E-state index contributed by atoms with van der Waals surface area (Å²) >= 11 is 0. The molecule has 0 spiro atoms. The van der Waals surface area contributed by atoms with Crippen molar-refractivity contribution >= 4 is 17.5 Å². The van der Waals surface area contributed by atoms with E-state index in [9.17, 15) is 22.8 Å². The van der Waals surface area contributed by atoms with Gasteiger partial charge in [0, 0.05) is 18.0 Å². The second kappa shape index (κ2) is 10.4. The summed E-state index contributed by atoms with van der Waals surface area (Å²) in [7, 11) is 0. The Morgan fingerprint density at radius 1 is 1.28 bits per heavy atom. The lowest BCUT2D eigenvalue weighted by molar-refractivity contribution is -0.126. The number of hydrogen-bond acceptors (Lipinski definition) is 5. The minimum absolute atomic E-state index is 0.111. The first-order chi connectivity index (χ1) is 13.7. The molecule has 1 aromatic carbocycles. The quantitative estimate of drug-likeness (QED) is 0.787. The number of amides is 2. The maximum Gasteiger partial charge on any atom is 0.387 e. The van der Waals surface area contributed by atoms with Crippen molar-refractivity contribution in [3.63, 3.8) is 0 Å². The lowest BCUT2D eigenvalue weighted by Crippen LogP contribution is -2.28. The molecule has 0 radical (unpaired) electrons. The van der Waals surface area contributed by atoms with Crippen molar-refractivity contribution in [3.8, 4) is 5.75 Å². The highest BCUT2D eigenvalue weighted by Gasteiger charge is 2.28. The molecule has 3 N–H and O–H groups in total. The summed E-state index contributed by atoms with van der Waals surface area (Å²) in [4.78, 5) is 26.6. The zero-order valence-corrected chi connectivity index (χ0v) is 15.5. The van der Waals surface area contributed by atoms with Crippen molar-refractivity contribution in [2.24, 2.45) is 5.73 Å². The van der Waals surface area contributed by atoms with E-state index in [1.807, 2.05) is 6.92 Å². The van der Waals surface area contributed by atoms with Gasteiger partial charge in [0.2, 0.25) is 0 Å². The standard InChI is InChI=1S/C12H15N3O3.C7H5F3O/c1-7-2-3-10(18-7)12(17)15-8-4-5-14-9(6-8)11(13)16;8-5-2-1-3-6(4-5)11-7(9)10/h4-7,10H,2-3H2,1H3,(H2,13,16)(H,14,15,17);1-4,7H. The Bertz CT molecular complexity index is 851. The van der Waals surface area contributed by atoms with Gasteiger partial charge in [-0.15, -0.1) is 0 Å². The number of anilines is 1. The molecule has 2 unspecified atom stereocenters. The van der Waals surface area contributed by atoms with Crippen LogP contribution in [0.5, 0.6) is 5.75 Å². The van der Waals surface area contributed by atoms with Crippen LogP contribution < -0.4 is 15.8 Å². The summed E-state index contributed by atoms with van der Waals surface area (Å²) in [5, 5.41) is 2.69. The summed E-state index contributed by atoms with van der Waals surface area (Å²) < 4.78 is 44.7. The van der Waals surface area contributed by atoms with Crippen LogP contribution in [0.25, 0.3) is 0 Å². The number of ether oxygens (including phenoxy) is 2. The van der Waals surface area contributed by atoms with Crippen LogP contribution in [0.1, 0.15) is 30.3 Å². The number of alkyl halides is 2. The average Bonchev–Trinajstić information content (AvgIpc) is 3.08. The molecule has 0 bridgehead atoms. The number of pyridine rings is 1. The summed E-state index contributed by atoms with van der Waals surface area (Å²) in [5.74, 6) is -1.60. The molecule has 3 rings (SSSR count). The van der Waals surface area contributed by atoms with Crippen molar-refractivity contribution in [2.75, 3.05) is 5.32 Å². The number of nitrogens with one attached hydrogen (secondary N) is 1. The Morgan fingerprint density at radius 3 is 2.62 bits per heavy atom. The van der Waals surface area contributed by atoms with Gasteiger partial charge in [0.05, 0.1) is 6.10 Å². The van der Waals surface area contributed by atoms with Gasteiger partial charge in [0.25, 0.3) is 11.8 Å². The summed E-state index contributed by atoms with van der Waals surface area (Å²) in [6.07, 6.45) is 2.69. The Labute approximate surface area is 165 Å². The number of benzene rings is 1. The van der Waals surface area contributed by atoms with E-state index < -0.39 is 24.4 Å². The third-order valence-electron chi connectivity index (χ3n) is 3.83. The molecule has 2 heterocycles. The molecule has 1 aliphatic heterocycles. The monoisotopic (exact) mass is 411 g/mol. The maximum absolute atomic E-state index is 12.3. The van der Waals surface area contributed by atoms with Crippen LogP contribution in [-0.4, -0.2) is 35.6 Å². The summed E-state index contributed by atoms with van der Waals surface area (Å²) in [6.45, 7) is -0.970. The minimum atomic E-state index is -2.91. The molecule has 0 aliphatic carbocycles. The first-order valence-electron chi connectivity index (χ1n) is 8.67. The summed E-state index contributed by atoms with van der Waals surface area (Å²) in [5.41, 5.74) is 5.73. The van der Waals surface area contributed by atoms with Gasteiger partial charge >= 0.3 is 6.61 Å². The normalized spacial score (nSPS) is 18.0. The molecule has 10 heteroatoms. The molecule has 0 saturated carbocycles. The predicted octanol–water partition coefficient (Wildman–Crippen LogP) is 3.11. The van der Waals surface area contributed by atoms with Crippen molar-refractivity contribution in [1.82, 2.24) is 4.98 Å². The number of halogens is 3. The van der Waals surface area contributed by atoms with Gasteiger partial charge in [0.1, 0.15) is 23.4 Å². The molecule has 156 valence electrons. The summed E-state index contributed by atoms with van der Waals surface area (Å²) in [6, 6.07) is 7.65. The van der Waals surface area contributed by atoms with Gasteiger partial charge in [0.15, 0.2) is 0 Å². The van der Waals surface area contributed by atoms with E-state index in [0.29, 0.717) is 12.1 Å². The van der Waals surface area contributed by atoms with Crippen molar-refractivity contribution in [2.45, 2.75) is 38.6 Å². The molecular weight excluding hydrogens is 391 g/mol. The fourth-order valence-corrected chi connectivity index (χ4v) is 2.50. The fourth-order valence-electron chi connectivity index (χ4n) is 2.50. The third-order valence-corrected chi connectivity index (χ3v) is 3.83. The number of carbonyl (C=O) groups is 2. The Morgan fingerprint density at radius 2 is 2.03 bits per heavy atom. The van der Waals surface area contributed by atoms with Crippen LogP contribution in [0, 0.1) is 5.82 Å². The van der Waals surface area contributed by atoms with Gasteiger partial charge in [-0.1, -0.05) is 6.07 Å². The van der Waals surface area contributed by atoms with Crippen LogP contribution >= 0.6 is 0 Å². The lowest BCUT2D eigenvalue weighted by Gasteiger charge is -2.11. The molecule has 1 fully saturated rings. The smallest absolute Gasteiger partial charge is 0.387 e. The molecule has 1 saturated heterocycles.